The van der Waals surface area contributed by atoms with Crippen LogP contribution in [-0.2, 0) is 4.79 Å². The van der Waals surface area contributed by atoms with Gasteiger partial charge in [-0.3, -0.25) is 4.79 Å². The third-order valence-corrected chi connectivity index (χ3v) is 5.05. The van der Waals surface area contributed by atoms with Crippen LogP contribution in [-0.4, -0.2) is 16.8 Å². The van der Waals surface area contributed by atoms with E-state index in [9.17, 15) is 4.79 Å². The molecule has 0 saturated heterocycles. The molecule has 1 aromatic rings. The number of rotatable bonds is 3. The van der Waals surface area contributed by atoms with E-state index in [0.29, 0.717) is 4.83 Å². The number of carbonyl (C=O) groups is 1. The highest BCUT2D eigenvalue weighted by Crippen LogP contribution is 2.24. The largest absolute Gasteiger partial charge is 0.352 e. The normalized spacial score (nSPS) is 25.4. The third kappa shape index (κ3) is 4.07. The first-order valence-corrected chi connectivity index (χ1v) is 8.09. The Labute approximate surface area is 124 Å². The van der Waals surface area contributed by atoms with E-state index < -0.39 is 0 Å². The van der Waals surface area contributed by atoms with E-state index in [0.717, 1.165) is 18.4 Å². The van der Waals surface area contributed by atoms with Crippen LogP contribution in [0.5, 0.6) is 0 Å². The summed E-state index contributed by atoms with van der Waals surface area (Å²) >= 11 is 3.72. The Kier molecular flexibility index (Phi) is 5.44. The summed E-state index contributed by atoms with van der Waals surface area (Å²) in [5, 5.41) is 3.22. The topological polar surface area (TPSA) is 29.1 Å². The van der Waals surface area contributed by atoms with Gasteiger partial charge in [0.2, 0.25) is 5.91 Å². The summed E-state index contributed by atoms with van der Waals surface area (Å²) in [7, 11) is 0. The summed E-state index contributed by atoms with van der Waals surface area (Å²) in [5.41, 5.74) is 1.08. The lowest BCUT2D eigenvalue weighted by Crippen LogP contribution is -2.42. The number of benzene rings is 1. The molecule has 19 heavy (non-hydrogen) atoms. The predicted molar refractivity (Wildman–Crippen MR) is 82.6 cm³/mol. The minimum absolute atomic E-state index is 0.0795. The molecule has 0 radical (unpaired) electrons. The van der Waals surface area contributed by atoms with E-state index >= 15 is 0 Å². The van der Waals surface area contributed by atoms with Crippen LogP contribution in [0.1, 0.15) is 50.5 Å². The van der Waals surface area contributed by atoms with E-state index in [1.54, 1.807) is 0 Å². The van der Waals surface area contributed by atoms with Crippen LogP contribution >= 0.6 is 15.9 Å². The maximum Gasteiger partial charge on any atom is 0.227 e. The molecule has 2 rings (SSSR count). The molecule has 1 amide bonds. The summed E-state index contributed by atoms with van der Waals surface area (Å²) in [6.45, 7) is 1.98. The van der Waals surface area contributed by atoms with Crippen molar-refractivity contribution in [3.8, 4) is 0 Å². The third-order valence-electron chi connectivity index (χ3n) is 3.95. The van der Waals surface area contributed by atoms with Gasteiger partial charge in [-0.05, 0) is 25.3 Å². The van der Waals surface area contributed by atoms with E-state index in [1.807, 2.05) is 37.3 Å². The van der Waals surface area contributed by atoms with Gasteiger partial charge in [-0.25, -0.2) is 0 Å². The second-order valence-electron chi connectivity index (χ2n) is 5.40. The number of halogens is 1. The van der Waals surface area contributed by atoms with Crippen LogP contribution in [0.25, 0.3) is 0 Å². The van der Waals surface area contributed by atoms with Gasteiger partial charge in [-0.2, -0.15) is 0 Å². The SMILES string of the molecule is CC(C(=O)NC1CCCCCC1Br)c1ccccc1. The average Bonchev–Trinajstić information content (AvgIpc) is 2.64. The maximum absolute atomic E-state index is 12.3. The lowest BCUT2D eigenvalue weighted by molar-refractivity contribution is -0.122. The summed E-state index contributed by atoms with van der Waals surface area (Å²) in [6.07, 6.45) is 6.00. The fourth-order valence-electron chi connectivity index (χ4n) is 2.63. The number of alkyl halides is 1. The molecule has 104 valence electrons. The first-order chi connectivity index (χ1) is 9.18. The van der Waals surface area contributed by atoms with Gasteiger partial charge >= 0.3 is 0 Å². The van der Waals surface area contributed by atoms with E-state index in [1.165, 1.54) is 19.3 Å². The fraction of sp³-hybridized carbons (Fsp3) is 0.562. The molecule has 0 bridgehead atoms. The van der Waals surface area contributed by atoms with Crippen molar-refractivity contribution in [1.29, 1.82) is 0 Å². The van der Waals surface area contributed by atoms with Crippen molar-refractivity contribution in [1.82, 2.24) is 5.32 Å². The lowest BCUT2D eigenvalue weighted by Gasteiger charge is -2.23. The number of hydrogen-bond acceptors (Lipinski definition) is 1. The Hall–Kier alpha value is -0.830. The summed E-state index contributed by atoms with van der Waals surface area (Å²) < 4.78 is 0. The molecule has 2 nitrogen and oxygen atoms in total. The standard InChI is InChI=1S/C16H22BrNO/c1-12(13-8-4-2-5-9-13)16(19)18-15-11-7-3-6-10-14(15)17/h2,4-5,8-9,12,14-15H,3,6-7,10-11H2,1H3,(H,18,19). The molecule has 1 aromatic carbocycles. The Morgan fingerprint density at radius 3 is 2.63 bits per heavy atom. The van der Waals surface area contributed by atoms with E-state index in [4.69, 9.17) is 0 Å². The molecule has 1 aliphatic carbocycles. The average molecular weight is 324 g/mol. The smallest absolute Gasteiger partial charge is 0.227 e. The molecule has 0 heterocycles. The fourth-order valence-corrected chi connectivity index (χ4v) is 3.35. The zero-order valence-electron chi connectivity index (χ0n) is 11.4. The van der Waals surface area contributed by atoms with Crippen molar-refractivity contribution in [3.05, 3.63) is 35.9 Å². The minimum atomic E-state index is -0.0795. The van der Waals surface area contributed by atoms with Gasteiger partial charge in [0.1, 0.15) is 0 Å². The first-order valence-electron chi connectivity index (χ1n) is 7.18. The molecular weight excluding hydrogens is 302 g/mol. The molecule has 1 saturated carbocycles. The predicted octanol–water partition coefficient (Wildman–Crippen LogP) is 4.00. The van der Waals surface area contributed by atoms with Crippen LogP contribution in [0, 0.1) is 0 Å². The molecule has 0 aliphatic heterocycles. The van der Waals surface area contributed by atoms with Gasteiger partial charge in [-0.1, -0.05) is 65.5 Å². The van der Waals surface area contributed by atoms with Crippen molar-refractivity contribution in [2.75, 3.05) is 0 Å². The van der Waals surface area contributed by atoms with Crippen LogP contribution in [0.4, 0.5) is 0 Å². The van der Waals surface area contributed by atoms with E-state index in [2.05, 4.69) is 21.2 Å². The molecule has 3 unspecified atom stereocenters. The van der Waals surface area contributed by atoms with Crippen molar-refractivity contribution in [2.24, 2.45) is 0 Å². The van der Waals surface area contributed by atoms with Crippen molar-refractivity contribution >= 4 is 21.8 Å². The molecule has 1 aliphatic rings. The van der Waals surface area contributed by atoms with Gasteiger partial charge in [0.25, 0.3) is 0 Å². The highest BCUT2D eigenvalue weighted by Gasteiger charge is 2.25. The molecule has 1 fully saturated rings. The molecule has 0 aromatic heterocycles. The van der Waals surface area contributed by atoms with Gasteiger partial charge in [-0.15, -0.1) is 0 Å². The highest BCUT2D eigenvalue weighted by atomic mass is 79.9. The van der Waals surface area contributed by atoms with Gasteiger partial charge in [0.05, 0.1) is 5.92 Å². The Morgan fingerprint density at radius 2 is 1.89 bits per heavy atom. The van der Waals surface area contributed by atoms with Gasteiger partial charge in [0, 0.05) is 10.9 Å². The minimum Gasteiger partial charge on any atom is -0.352 e. The number of nitrogens with one attached hydrogen (secondary N) is 1. The Balaban J connectivity index is 1.96. The maximum atomic E-state index is 12.3. The van der Waals surface area contributed by atoms with Crippen LogP contribution in [0.2, 0.25) is 0 Å². The second-order valence-corrected chi connectivity index (χ2v) is 6.58. The van der Waals surface area contributed by atoms with Crippen LogP contribution in [0.15, 0.2) is 30.3 Å². The highest BCUT2D eigenvalue weighted by molar-refractivity contribution is 9.09. The van der Waals surface area contributed by atoms with Gasteiger partial charge in [0.15, 0.2) is 0 Å². The summed E-state index contributed by atoms with van der Waals surface area (Å²) in [6, 6.07) is 10.3. The van der Waals surface area contributed by atoms with Crippen molar-refractivity contribution in [2.45, 2.75) is 55.8 Å². The Morgan fingerprint density at radius 1 is 1.21 bits per heavy atom. The van der Waals surface area contributed by atoms with Crippen molar-refractivity contribution < 1.29 is 4.79 Å². The lowest BCUT2D eigenvalue weighted by atomic mass is 9.99. The van der Waals surface area contributed by atoms with Gasteiger partial charge < -0.3 is 5.32 Å². The molecule has 3 atom stereocenters. The van der Waals surface area contributed by atoms with Crippen LogP contribution in [0.3, 0.4) is 0 Å². The molecule has 1 N–H and O–H groups in total. The summed E-state index contributed by atoms with van der Waals surface area (Å²) in [5.74, 6) is 0.0618. The molecule has 3 heteroatoms. The summed E-state index contributed by atoms with van der Waals surface area (Å²) in [4.78, 5) is 12.8. The quantitative estimate of drug-likeness (QED) is 0.661. The number of hydrogen-bond donors (Lipinski definition) is 1. The molecular formula is C16H22BrNO. The van der Waals surface area contributed by atoms with E-state index in [-0.39, 0.29) is 17.9 Å². The number of amides is 1. The number of carbonyl (C=O) groups excluding carboxylic acids is 1. The Bertz CT molecular complexity index is 406. The zero-order valence-corrected chi connectivity index (χ0v) is 13.0. The first kappa shape index (κ1) is 14.6. The monoisotopic (exact) mass is 323 g/mol. The second kappa shape index (κ2) is 7.09. The zero-order chi connectivity index (χ0) is 13.7. The molecule has 0 spiro atoms. The van der Waals surface area contributed by atoms with Crippen LogP contribution < -0.4 is 5.32 Å². The van der Waals surface area contributed by atoms with Crippen molar-refractivity contribution in [3.63, 3.8) is 0 Å².